The summed E-state index contributed by atoms with van der Waals surface area (Å²) in [5.41, 5.74) is 0. The molecule has 5 aliphatic heterocycles. The van der Waals surface area contributed by atoms with E-state index in [1.807, 2.05) is 0 Å². The summed E-state index contributed by atoms with van der Waals surface area (Å²) in [6, 6.07) is 0. The molecule has 5 rings (SSSR count). The smallest absolute Gasteiger partial charge is 0.187 e. The van der Waals surface area contributed by atoms with Crippen LogP contribution in [0.3, 0.4) is 0 Å². The third kappa shape index (κ3) is 8.96. The molecule has 0 amide bonds. The van der Waals surface area contributed by atoms with E-state index >= 15 is 0 Å². The number of aliphatic hydroxyl groups excluding tert-OH is 15. The highest BCUT2D eigenvalue weighted by atomic mass is 16.8. The molecule has 5 aliphatic rings. The quantitative estimate of drug-likeness (QED) is 0.0874. The van der Waals surface area contributed by atoms with Gasteiger partial charge in [-0.1, -0.05) is 0 Å². The van der Waals surface area contributed by atoms with Crippen molar-refractivity contribution in [1.82, 2.24) is 5.32 Å². The lowest BCUT2D eigenvalue weighted by molar-refractivity contribution is -0.390. The highest BCUT2D eigenvalue weighted by molar-refractivity contribution is 4.98. The normalized spacial score (nSPS) is 52.7. The Morgan fingerprint density at radius 1 is 0.358 bits per heavy atom. The number of hydrogen-bond acceptors (Lipinski definition) is 24. The summed E-state index contributed by atoms with van der Waals surface area (Å²) in [5.74, 6) is 0. The fraction of sp³-hybridized carbons (Fsp3) is 1.00. The van der Waals surface area contributed by atoms with E-state index in [1.54, 1.807) is 0 Å². The van der Waals surface area contributed by atoms with Gasteiger partial charge in [0.05, 0.1) is 38.6 Å². The Hall–Kier alpha value is -0.960. The monoisotopic (exact) mass is 781 g/mol. The van der Waals surface area contributed by atoms with Gasteiger partial charge in [0.15, 0.2) is 25.2 Å². The molecule has 24 heteroatoms. The van der Waals surface area contributed by atoms with Crippen molar-refractivity contribution in [2.24, 2.45) is 0 Å². The molecule has 0 aromatic heterocycles. The Morgan fingerprint density at radius 2 is 0.642 bits per heavy atom. The average molecular weight is 782 g/mol. The van der Waals surface area contributed by atoms with Crippen LogP contribution in [-0.4, -0.2) is 257 Å². The van der Waals surface area contributed by atoms with E-state index in [4.69, 9.17) is 37.9 Å². The molecule has 0 aliphatic carbocycles. The Labute approximate surface area is 300 Å². The third-order valence-corrected chi connectivity index (χ3v) is 9.94. The minimum Gasteiger partial charge on any atom is -0.394 e. The summed E-state index contributed by atoms with van der Waals surface area (Å²) in [5, 5.41) is 159. The topological polar surface area (TPSA) is 389 Å². The highest BCUT2D eigenvalue weighted by Gasteiger charge is 2.55. The summed E-state index contributed by atoms with van der Waals surface area (Å²) >= 11 is 0. The Morgan fingerprint density at radius 3 is 0.962 bits per heavy atom. The molecule has 0 aromatic carbocycles. The Kier molecular flexibility index (Phi) is 15.1. The molecule has 0 spiro atoms. The lowest BCUT2D eigenvalue weighted by Crippen LogP contribution is -2.67. The van der Waals surface area contributed by atoms with Gasteiger partial charge in [0, 0.05) is 13.1 Å². The minimum atomic E-state index is -2.05. The first-order chi connectivity index (χ1) is 25.2. The molecule has 16 N–H and O–H groups in total. The Balaban J connectivity index is 1.22. The molecule has 24 nitrogen and oxygen atoms in total. The first-order valence-corrected chi connectivity index (χ1v) is 17.0. The van der Waals surface area contributed by atoms with Gasteiger partial charge in [-0.25, -0.2) is 0 Å². The van der Waals surface area contributed by atoms with Crippen molar-refractivity contribution < 1.29 is 114 Å². The molecule has 2 unspecified atom stereocenters. The van der Waals surface area contributed by atoms with Crippen LogP contribution >= 0.6 is 0 Å². The summed E-state index contributed by atoms with van der Waals surface area (Å²) < 4.78 is 44.3. The van der Waals surface area contributed by atoms with E-state index in [0.717, 1.165) is 0 Å². The summed E-state index contributed by atoms with van der Waals surface area (Å²) in [4.78, 5) is 0. The van der Waals surface area contributed by atoms with E-state index in [-0.39, 0.29) is 13.1 Å². The van der Waals surface area contributed by atoms with E-state index in [1.165, 1.54) is 0 Å². The van der Waals surface area contributed by atoms with Crippen LogP contribution in [0.5, 0.6) is 0 Å². The molecule has 5 saturated heterocycles. The molecule has 0 saturated carbocycles. The van der Waals surface area contributed by atoms with Gasteiger partial charge in [0.25, 0.3) is 0 Å². The predicted molar refractivity (Wildman–Crippen MR) is 161 cm³/mol. The first-order valence-electron chi connectivity index (χ1n) is 17.0. The van der Waals surface area contributed by atoms with Crippen LogP contribution in [0.4, 0.5) is 0 Å². The molecule has 5 heterocycles. The van der Waals surface area contributed by atoms with Crippen molar-refractivity contribution in [3.8, 4) is 0 Å². The van der Waals surface area contributed by atoms with Crippen LogP contribution in [0.25, 0.3) is 0 Å². The number of ether oxygens (including phenoxy) is 8. The molecule has 53 heavy (non-hydrogen) atoms. The van der Waals surface area contributed by atoms with Gasteiger partial charge < -0.3 is 120 Å². The molecule has 310 valence electrons. The van der Waals surface area contributed by atoms with Crippen molar-refractivity contribution in [1.29, 1.82) is 0 Å². The van der Waals surface area contributed by atoms with Gasteiger partial charge in [-0.3, -0.25) is 0 Å². The van der Waals surface area contributed by atoms with E-state index in [9.17, 15) is 76.6 Å². The molecule has 0 radical (unpaired) electrons. The SMILES string of the molecule is OC[C@H]1O[C@H](O[C@H]2[C@H](O)[C@@H](O)[C@@H](O[C@H]3[C@H](O)[C@@H](O)[C@@H](O[C@H]4[C@H](O)[C@@H](O)[C@@H](OC5C(O)CNCC5O)O[C@@H]4CO)O[C@@H]3CO)O[C@@H]2CO)[C@H](O)[C@@H](O)[C@@H]1O. The molecule has 0 bridgehead atoms. The van der Waals surface area contributed by atoms with Gasteiger partial charge in [0.2, 0.25) is 0 Å². The largest absolute Gasteiger partial charge is 0.394 e. The fourth-order valence-electron chi connectivity index (χ4n) is 6.85. The highest BCUT2D eigenvalue weighted by Crippen LogP contribution is 2.34. The molecular weight excluding hydrogens is 730 g/mol. The third-order valence-electron chi connectivity index (χ3n) is 9.94. The standard InChI is InChI=1S/C29H51NO23/c31-3-9-13(37)14(38)18(42)26(46-9)51-23-11(5-33)48-28(20(44)16(23)40)53-25-12(6-34)49-29(21(45)17(25)41)52-24-10(4-32)47-27(19(43)15(24)39)50-22-7(35)1-30-2-8(22)36/h7-45H,1-6H2/t7?,8?,9-,10-,11-,12-,13-,14+,15-,16-,17-,18-,19-,20-,21-,22?,23-,24-,25-,26-,27-,28-,29-/m1/s1. The van der Waals surface area contributed by atoms with Crippen molar-refractivity contribution in [2.45, 2.75) is 141 Å². The maximum atomic E-state index is 11.1. The second kappa shape index (κ2) is 18.5. The average Bonchev–Trinajstić information content (AvgIpc) is 3.14. The lowest BCUT2D eigenvalue weighted by Gasteiger charge is -2.49. The van der Waals surface area contributed by atoms with Gasteiger partial charge in [-0.2, -0.15) is 0 Å². The first kappa shape index (κ1) is 43.2. The number of aliphatic hydroxyl groups is 15. The maximum absolute atomic E-state index is 11.1. The van der Waals surface area contributed by atoms with Crippen LogP contribution in [-0.2, 0) is 37.9 Å². The molecule has 22 atom stereocenters. The van der Waals surface area contributed by atoms with Crippen LogP contribution in [0, 0.1) is 0 Å². The molecular formula is C29H51NO23. The number of nitrogens with one attached hydrogen (secondary N) is 1. The van der Waals surface area contributed by atoms with Gasteiger partial charge in [0.1, 0.15) is 104 Å². The molecule has 0 aromatic rings. The Bertz CT molecular complexity index is 1110. The number of hydrogen-bond donors (Lipinski definition) is 16. The van der Waals surface area contributed by atoms with Gasteiger partial charge >= 0.3 is 0 Å². The predicted octanol–water partition coefficient (Wildman–Crippen LogP) is -11.0. The van der Waals surface area contributed by atoms with Crippen LogP contribution in [0.15, 0.2) is 0 Å². The fourth-order valence-corrected chi connectivity index (χ4v) is 6.85. The van der Waals surface area contributed by atoms with Crippen molar-refractivity contribution in [3.05, 3.63) is 0 Å². The summed E-state index contributed by atoms with van der Waals surface area (Å²) in [6.45, 7) is -3.39. The zero-order valence-electron chi connectivity index (χ0n) is 28.0. The van der Waals surface area contributed by atoms with Crippen molar-refractivity contribution >= 4 is 0 Å². The van der Waals surface area contributed by atoms with E-state index < -0.39 is 168 Å². The zero-order valence-corrected chi connectivity index (χ0v) is 28.0. The van der Waals surface area contributed by atoms with Crippen LogP contribution < -0.4 is 5.32 Å². The maximum Gasteiger partial charge on any atom is 0.187 e. The van der Waals surface area contributed by atoms with Crippen molar-refractivity contribution in [2.75, 3.05) is 39.5 Å². The van der Waals surface area contributed by atoms with Crippen LogP contribution in [0.1, 0.15) is 0 Å². The van der Waals surface area contributed by atoms with Crippen molar-refractivity contribution in [3.63, 3.8) is 0 Å². The second-order valence-corrected chi connectivity index (χ2v) is 13.5. The minimum absolute atomic E-state index is 0.0487. The van der Waals surface area contributed by atoms with Gasteiger partial charge in [-0.05, 0) is 0 Å². The summed E-state index contributed by atoms with van der Waals surface area (Å²) in [7, 11) is 0. The zero-order chi connectivity index (χ0) is 38.9. The van der Waals surface area contributed by atoms with Crippen LogP contribution in [0.2, 0.25) is 0 Å². The second-order valence-electron chi connectivity index (χ2n) is 13.5. The summed E-state index contributed by atoms with van der Waals surface area (Å²) in [6.07, 6.45) is -39.4. The van der Waals surface area contributed by atoms with E-state index in [2.05, 4.69) is 5.32 Å². The lowest BCUT2D eigenvalue weighted by atomic mass is 9.95. The number of piperidine rings is 1. The molecule has 5 fully saturated rings. The van der Waals surface area contributed by atoms with E-state index in [0.29, 0.717) is 0 Å². The van der Waals surface area contributed by atoms with Gasteiger partial charge in [-0.15, -0.1) is 0 Å². The number of rotatable bonds is 12. The number of β-amino-alcohol motifs (C(OH)–C–C–N with tert-alkyl or cyclic N) is 2.